The highest BCUT2D eigenvalue weighted by Crippen LogP contribution is 2.27. The lowest BCUT2D eigenvalue weighted by Gasteiger charge is -2.11. The van der Waals surface area contributed by atoms with Crippen LogP contribution in [0.3, 0.4) is 0 Å². The van der Waals surface area contributed by atoms with Crippen molar-refractivity contribution in [2.75, 3.05) is 7.11 Å². The fourth-order valence-electron chi connectivity index (χ4n) is 2.03. The largest absolute Gasteiger partial charge is 0.497 e. The fraction of sp³-hybridized carbons (Fsp3) is 0.294. The van der Waals surface area contributed by atoms with Gasteiger partial charge in [-0.1, -0.05) is 26.0 Å². The Morgan fingerprint density at radius 1 is 1.05 bits per heavy atom. The van der Waals surface area contributed by atoms with E-state index in [1.807, 2.05) is 13.8 Å². The Balaban J connectivity index is 2.27. The number of nitrogens with one attached hydrogen (secondary N) is 1. The van der Waals surface area contributed by atoms with Crippen molar-refractivity contribution in [2.24, 2.45) is 0 Å². The molecule has 2 nitrogen and oxygen atoms in total. The van der Waals surface area contributed by atoms with Gasteiger partial charge in [0.1, 0.15) is 17.4 Å². The van der Waals surface area contributed by atoms with Crippen molar-refractivity contribution in [2.45, 2.75) is 26.4 Å². The lowest BCUT2D eigenvalue weighted by atomic mass is 10.0. The summed E-state index contributed by atoms with van der Waals surface area (Å²) in [5, 5.41) is 3.16. The third-order valence-corrected chi connectivity index (χ3v) is 3.24. The first-order valence-electron chi connectivity index (χ1n) is 6.87. The van der Waals surface area contributed by atoms with Gasteiger partial charge >= 0.3 is 0 Å². The lowest BCUT2D eigenvalue weighted by molar-refractivity contribution is 0.411. The van der Waals surface area contributed by atoms with E-state index >= 15 is 0 Å². The first-order chi connectivity index (χ1) is 10.0. The van der Waals surface area contributed by atoms with Gasteiger partial charge in [0.25, 0.3) is 0 Å². The molecule has 0 saturated heterocycles. The van der Waals surface area contributed by atoms with E-state index in [2.05, 4.69) is 5.32 Å². The maximum Gasteiger partial charge on any atom is 0.134 e. The Labute approximate surface area is 123 Å². The van der Waals surface area contributed by atoms with Crippen LogP contribution >= 0.6 is 0 Å². The second-order valence-electron chi connectivity index (χ2n) is 5.19. The first kappa shape index (κ1) is 15.4. The van der Waals surface area contributed by atoms with Gasteiger partial charge in [-0.25, -0.2) is 8.78 Å². The zero-order chi connectivity index (χ0) is 15.4. The summed E-state index contributed by atoms with van der Waals surface area (Å²) < 4.78 is 33.0. The minimum absolute atomic E-state index is 0.281. The molecule has 21 heavy (non-hydrogen) atoms. The van der Waals surface area contributed by atoms with Crippen LogP contribution in [0, 0.1) is 11.6 Å². The number of hydrogen-bond acceptors (Lipinski definition) is 2. The molecule has 0 aliphatic heterocycles. The van der Waals surface area contributed by atoms with E-state index in [9.17, 15) is 8.78 Å². The van der Waals surface area contributed by atoms with E-state index in [0.717, 1.165) is 0 Å². The molecule has 0 aliphatic carbocycles. The minimum atomic E-state index is -0.429. The van der Waals surface area contributed by atoms with Crippen LogP contribution in [0.1, 0.15) is 19.4 Å². The average molecular weight is 291 g/mol. The summed E-state index contributed by atoms with van der Waals surface area (Å²) in [6.07, 6.45) is 0. The number of halogens is 2. The molecule has 0 spiro atoms. The van der Waals surface area contributed by atoms with Gasteiger partial charge in [0.15, 0.2) is 0 Å². The van der Waals surface area contributed by atoms with Crippen molar-refractivity contribution in [3.05, 3.63) is 53.6 Å². The third kappa shape index (κ3) is 3.79. The minimum Gasteiger partial charge on any atom is -0.497 e. The van der Waals surface area contributed by atoms with E-state index in [1.165, 1.54) is 19.2 Å². The summed E-state index contributed by atoms with van der Waals surface area (Å²) in [5.41, 5.74) is 1.44. The highest BCUT2D eigenvalue weighted by molar-refractivity contribution is 5.65. The number of hydrogen-bond donors (Lipinski definition) is 1. The predicted molar refractivity (Wildman–Crippen MR) is 80.3 cm³/mol. The Kier molecular flexibility index (Phi) is 4.91. The molecule has 0 aliphatic rings. The van der Waals surface area contributed by atoms with E-state index in [0.29, 0.717) is 29.0 Å². The van der Waals surface area contributed by atoms with Crippen LogP contribution < -0.4 is 10.1 Å². The maximum absolute atomic E-state index is 14.1. The monoisotopic (exact) mass is 291 g/mol. The van der Waals surface area contributed by atoms with Gasteiger partial charge in [0.05, 0.1) is 7.11 Å². The SMILES string of the molecule is COc1ccc(-c2ccc(CNC(C)C)c(F)c2)c(F)c1. The molecule has 2 rings (SSSR count). The molecule has 0 fully saturated rings. The van der Waals surface area contributed by atoms with Crippen LogP contribution in [0.25, 0.3) is 11.1 Å². The summed E-state index contributed by atoms with van der Waals surface area (Å²) in [7, 11) is 1.48. The molecule has 0 bridgehead atoms. The summed E-state index contributed by atoms with van der Waals surface area (Å²) in [5.74, 6) is -0.327. The number of ether oxygens (including phenoxy) is 1. The molecule has 0 saturated carbocycles. The number of benzene rings is 2. The molecule has 0 radical (unpaired) electrons. The van der Waals surface area contributed by atoms with Crippen LogP contribution in [0.2, 0.25) is 0 Å². The van der Waals surface area contributed by atoms with Gasteiger partial charge in [-0.3, -0.25) is 0 Å². The topological polar surface area (TPSA) is 21.3 Å². The van der Waals surface area contributed by atoms with Crippen molar-refractivity contribution in [1.29, 1.82) is 0 Å². The maximum atomic E-state index is 14.1. The van der Waals surface area contributed by atoms with E-state index in [1.54, 1.807) is 24.3 Å². The highest BCUT2D eigenvalue weighted by Gasteiger charge is 2.10. The molecular weight excluding hydrogens is 272 g/mol. The fourth-order valence-corrected chi connectivity index (χ4v) is 2.03. The van der Waals surface area contributed by atoms with Crippen LogP contribution in [0.5, 0.6) is 5.75 Å². The number of methoxy groups -OCH3 is 1. The van der Waals surface area contributed by atoms with Gasteiger partial charge in [-0.2, -0.15) is 0 Å². The van der Waals surface area contributed by atoms with Crippen molar-refractivity contribution in [3.63, 3.8) is 0 Å². The molecular formula is C17H19F2NO. The Bertz CT molecular complexity index is 626. The van der Waals surface area contributed by atoms with Gasteiger partial charge in [-0.15, -0.1) is 0 Å². The summed E-state index contributed by atoms with van der Waals surface area (Å²) in [4.78, 5) is 0. The Morgan fingerprint density at radius 2 is 1.81 bits per heavy atom. The second-order valence-corrected chi connectivity index (χ2v) is 5.19. The highest BCUT2D eigenvalue weighted by atomic mass is 19.1. The zero-order valence-corrected chi connectivity index (χ0v) is 12.4. The average Bonchev–Trinajstić information content (AvgIpc) is 2.45. The lowest BCUT2D eigenvalue weighted by Crippen LogP contribution is -2.22. The standard InChI is InChI=1S/C17H19F2NO/c1-11(2)20-10-13-5-4-12(8-16(13)18)15-7-6-14(21-3)9-17(15)19/h4-9,11,20H,10H2,1-3H3. The molecule has 0 atom stereocenters. The predicted octanol–water partition coefficient (Wildman–Crippen LogP) is 4.14. The van der Waals surface area contributed by atoms with E-state index < -0.39 is 5.82 Å². The second kappa shape index (κ2) is 6.68. The van der Waals surface area contributed by atoms with Gasteiger partial charge in [0.2, 0.25) is 0 Å². The van der Waals surface area contributed by atoms with Gasteiger partial charge in [0, 0.05) is 29.8 Å². The molecule has 4 heteroatoms. The number of rotatable bonds is 5. The van der Waals surface area contributed by atoms with Crippen LogP contribution in [-0.4, -0.2) is 13.2 Å². The first-order valence-corrected chi connectivity index (χ1v) is 6.87. The molecule has 0 unspecified atom stereocenters. The molecule has 112 valence electrons. The van der Waals surface area contributed by atoms with Crippen molar-refractivity contribution in [1.82, 2.24) is 5.32 Å². The quantitative estimate of drug-likeness (QED) is 0.894. The summed E-state index contributed by atoms with van der Waals surface area (Å²) >= 11 is 0. The van der Waals surface area contributed by atoms with Crippen LogP contribution in [-0.2, 0) is 6.54 Å². The molecule has 0 heterocycles. The smallest absolute Gasteiger partial charge is 0.134 e. The zero-order valence-electron chi connectivity index (χ0n) is 12.4. The molecule has 2 aromatic rings. The Morgan fingerprint density at radius 3 is 2.38 bits per heavy atom. The van der Waals surface area contributed by atoms with Crippen LogP contribution in [0.4, 0.5) is 8.78 Å². The Hall–Kier alpha value is -1.94. The summed E-state index contributed by atoms with van der Waals surface area (Å²) in [6, 6.07) is 9.60. The van der Waals surface area contributed by atoms with Crippen molar-refractivity contribution >= 4 is 0 Å². The normalized spacial score (nSPS) is 11.0. The van der Waals surface area contributed by atoms with E-state index in [-0.39, 0.29) is 11.9 Å². The molecule has 1 N–H and O–H groups in total. The molecule has 0 amide bonds. The van der Waals surface area contributed by atoms with Gasteiger partial charge in [-0.05, 0) is 23.8 Å². The third-order valence-electron chi connectivity index (χ3n) is 3.24. The summed E-state index contributed by atoms with van der Waals surface area (Å²) in [6.45, 7) is 4.45. The molecule has 2 aromatic carbocycles. The van der Waals surface area contributed by atoms with E-state index in [4.69, 9.17) is 4.74 Å². The molecule has 0 aromatic heterocycles. The van der Waals surface area contributed by atoms with Crippen LogP contribution in [0.15, 0.2) is 36.4 Å². The van der Waals surface area contributed by atoms with Crippen molar-refractivity contribution in [3.8, 4) is 16.9 Å². The van der Waals surface area contributed by atoms with Crippen molar-refractivity contribution < 1.29 is 13.5 Å². The van der Waals surface area contributed by atoms with Gasteiger partial charge < -0.3 is 10.1 Å².